The number of thioether (sulfide) groups is 1. The fourth-order valence-electron chi connectivity index (χ4n) is 4.95. The molecule has 7 heteroatoms. The number of halogens is 1. The minimum absolute atomic E-state index is 0.00530. The van der Waals surface area contributed by atoms with E-state index in [1.54, 1.807) is 39.9 Å². The molecule has 1 unspecified atom stereocenters. The van der Waals surface area contributed by atoms with E-state index in [4.69, 9.17) is 11.6 Å². The molecule has 0 fully saturated rings. The molecular weight excluding hydrogens is 536 g/mol. The van der Waals surface area contributed by atoms with E-state index in [1.807, 2.05) is 44.2 Å². The lowest BCUT2D eigenvalue weighted by atomic mass is 9.84. The van der Waals surface area contributed by atoms with Crippen LogP contribution in [0.2, 0.25) is 5.15 Å². The van der Waals surface area contributed by atoms with Crippen molar-refractivity contribution in [2.75, 3.05) is 17.2 Å². The fraction of sp³-hybridized carbons (Fsp3) is 0.182. The number of anilines is 1. The second-order valence-corrected chi connectivity index (χ2v) is 11.1. The lowest BCUT2D eigenvalue weighted by molar-refractivity contribution is -0.121. The Kier molecular flexibility index (Phi) is 8.68. The zero-order valence-corrected chi connectivity index (χ0v) is 24.1. The Hall–Kier alpha value is -3.87. The highest BCUT2D eigenvalue weighted by Gasteiger charge is 2.38. The van der Waals surface area contributed by atoms with Crippen molar-refractivity contribution in [1.29, 1.82) is 0 Å². The molecule has 5 nitrogen and oxygen atoms in total. The van der Waals surface area contributed by atoms with Gasteiger partial charge in [-0.3, -0.25) is 9.78 Å². The maximum Gasteiger partial charge on any atom is 0.230 e. The van der Waals surface area contributed by atoms with Crippen LogP contribution in [0, 0.1) is 5.92 Å². The Balaban J connectivity index is 1.47. The molecule has 1 atom stereocenters. The summed E-state index contributed by atoms with van der Waals surface area (Å²) in [5.41, 5.74) is 4.89. The number of rotatable bonds is 10. The Bertz CT molecular complexity index is 1430. The van der Waals surface area contributed by atoms with Crippen molar-refractivity contribution in [3.63, 3.8) is 0 Å². The first-order valence-corrected chi connectivity index (χ1v) is 14.7. The Morgan fingerprint density at radius 1 is 0.900 bits per heavy atom. The first kappa shape index (κ1) is 27.7. The number of amides is 1. The van der Waals surface area contributed by atoms with Crippen LogP contribution in [0.25, 0.3) is 5.69 Å². The van der Waals surface area contributed by atoms with Crippen LogP contribution in [0.5, 0.6) is 0 Å². The Labute approximate surface area is 244 Å². The van der Waals surface area contributed by atoms with Crippen molar-refractivity contribution in [2.24, 2.45) is 5.92 Å². The molecule has 5 aromatic rings. The summed E-state index contributed by atoms with van der Waals surface area (Å²) in [7, 11) is 0. The minimum Gasteiger partial charge on any atom is -0.308 e. The number of hydrogen-bond donors (Lipinski definition) is 0. The Morgan fingerprint density at radius 2 is 1.45 bits per heavy atom. The number of carbonyl (C=O) groups excluding carboxylic acids is 1. The summed E-state index contributed by atoms with van der Waals surface area (Å²) >= 11 is 8.34. The van der Waals surface area contributed by atoms with Gasteiger partial charge >= 0.3 is 0 Å². The number of pyridine rings is 1. The van der Waals surface area contributed by atoms with E-state index < -0.39 is 4.75 Å². The van der Waals surface area contributed by atoms with E-state index in [9.17, 15) is 4.79 Å². The SMILES string of the molecule is CCN(C(=O)C(C)CSC(c1ccccc1)(c1ccccc1)c1ccccc1)c1cn(-c2cccnc2)nc1Cl. The van der Waals surface area contributed by atoms with Gasteiger partial charge in [-0.05, 0) is 35.7 Å². The molecule has 0 bridgehead atoms. The van der Waals surface area contributed by atoms with Crippen LogP contribution in [0.4, 0.5) is 5.69 Å². The minimum atomic E-state index is -0.488. The third-order valence-electron chi connectivity index (χ3n) is 6.95. The summed E-state index contributed by atoms with van der Waals surface area (Å²) in [6.07, 6.45) is 5.21. The molecule has 0 saturated carbocycles. The fourth-order valence-corrected chi connectivity index (χ4v) is 6.73. The molecule has 0 spiro atoms. The summed E-state index contributed by atoms with van der Waals surface area (Å²) in [6, 6.07) is 35.3. The van der Waals surface area contributed by atoms with E-state index in [0.717, 1.165) is 5.69 Å². The Morgan fingerprint density at radius 3 is 1.93 bits per heavy atom. The summed E-state index contributed by atoms with van der Waals surface area (Å²) < 4.78 is 1.17. The van der Waals surface area contributed by atoms with E-state index in [2.05, 4.69) is 82.9 Å². The van der Waals surface area contributed by atoms with Gasteiger partial charge in [0, 0.05) is 24.4 Å². The number of aromatic nitrogens is 3. The molecule has 40 heavy (non-hydrogen) atoms. The first-order valence-electron chi connectivity index (χ1n) is 13.3. The maximum atomic E-state index is 13.9. The highest BCUT2D eigenvalue weighted by molar-refractivity contribution is 8.00. The summed E-state index contributed by atoms with van der Waals surface area (Å²) in [5.74, 6) is 0.325. The zero-order chi connectivity index (χ0) is 28.0. The highest BCUT2D eigenvalue weighted by atomic mass is 35.5. The second-order valence-electron chi connectivity index (χ2n) is 9.53. The van der Waals surface area contributed by atoms with Crippen molar-refractivity contribution in [3.05, 3.63) is 144 Å². The number of hydrogen-bond acceptors (Lipinski definition) is 4. The van der Waals surface area contributed by atoms with Crippen molar-refractivity contribution in [1.82, 2.24) is 14.8 Å². The van der Waals surface area contributed by atoms with Crippen LogP contribution < -0.4 is 4.90 Å². The summed E-state index contributed by atoms with van der Waals surface area (Å²) in [6.45, 7) is 4.42. The monoisotopic (exact) mass is 566 g/mol. The molecule has 0 N–H and O–H groups in total. The van der Waals surface area contributed by atoms with Gasteiger partial charge in [-0.2, -0.15) is 5.10 Å². The van der Waals surface area contributed by atoms with Crippen LogP contribution >= 0.6 is 23.4 Å². The van der Waals surface area contributed by atoms with E-state index in [1.165, 1.54) is 16.7 Å². The molecule has 3 aromatic carbocycles. The lowest BCUT2D eigenvalue weighted by Crippen LogP contribution is -2.37. The molecule has 0 radical (unpaired) electrons. The molecule has 0 saturated heterocycles. The average molecular weight is 567 g/mol. The lowest BCUT2D eigenvalue weighted by Gasteiger charge is -2.36. The van der Waals surface area contributed by atoms with Gasteiger partial charge in [-0.25, -0.2) is 4.68 Å². The van der Waals surface area contributed by atoms with Crippen molar-refractivity contribution >= 4 is 35.0 Å². The quantitative estimate of drug-likeness (QED) is 0.163. The predicted molar refractivity (Wildman–Crippen MR) is 165 cm³/mol. The van der Waals surface area contributed by atoms with Crippen LogP contribution in [-0.2, 0) is 9.54 Å². The molecular formula is C33H31ClN4OS. The highest BCUT2D eigenvalue weighted by Crippen LogP contribution is 2.49. The second kappa shape index (κ2) is 12.5. The third kappa shape index (κ3) is 5.55. The van der Waals surface area contributed by atoms with Crippen molar-refractivity contribution in [2.45, 2.75) is 18.6 Å². The zero-order valence-electron chi connectivity index (χ0n) is 22.5. The van der Waals surface area contributed by atoms with Crippen molar-refractivity contribution in [3.8, 4) is 5.69 Å². The molecule has 1 amide bonds. The van der Waals surface area contributed by atoms with Crippen LogP contribution in [-0.4, -0.2) is 33.0 Å². The van der Waals surface area contributed by atoms with Crippen LogP contribution in [0.3, 0.4) is 0 Å². The molecule has 0 aliphatic heterocycles. The molecule has 2 aromatic heterocycles. The van der Waals surface area contributed by atoms with E-state index >= 15 is 0 Å². The smallest absolute Gasteiger partial charge is 0.230 e. The molecule has 2 heterocycles. The molecule has 0 aliphatic rings. The number of carbonyl (C=O) groups is 1. The van der Waals surface area contributed by atoms with Gasteiger partial charge in [-0.15, -0.1) is 11.8 Å². The normalized spacial score (nSPS) is 12.2. The van der Waals surface area contributed by atoms with Gasteiger partial charge in [-0.1, -0.05) is 110 Å². The predicted octanol–water partition coefficient (Wildman–Crippen LogP) is 7.64. The van der Waals surface area contributed by atoms with Gasteiger partial charge in [0.25, 0.3) is 0 Å². The van der Waals surface area contributed by atoms with Gasteiger partial charge in [0.2, 0.25) is 5.91 Å². The first-order chi connectivity index (χ1) is 19.5. The number of benzene rings is 3. The van der Waals surface area contributed by atoms with E-state index in [0.29, 0.717) is 18.0 Å². The van der Waals surface area contributed by atoms with Crippen molar-refractivity contribution < 1.29 is 4.79 Å². The standard InChI is InChI=1S/C33H31ClN4OS/c1-3-37(30-23-38(36-31(30)34)29-20-13-21-35-22-29)32(39)25(2)24-40-33(26-14-7-4-8-15-26,27-16-9-5-10-17-27)28-18-11-6-12-19-28/h4-23,25H,3,24H2,1-2H3. The third-order valence-corrected chi connectivity index (χ3v) is 9.02. The van der Waals surface area contributed by atoms with Gasteiger partial charge in [0.15, 0.2) is 5.15 Å². The average Bonchev–Trinajstić information content (AvgIpc) is 3.40. The summed E-state index contributed by atoms with van der Waals surface area (Å²) in [4.78, 5) is 19.8. The maximum absolute atomic E-state index is 13.9. The van der Waals surface area contributed by atoms with Gasteiger partial charge < -0.3 is 4.90 Å². The summed E-state index contributed by atoms with van der Waals surface area (Å²) in [5, 5.41) is 4.72. The molecule has 0 aliphatic carbocycles. The van der Waals surface area contributed by atoms with Gasteiger partial charge in [0.1, 0.15) is 5.69 Å². The largest absolute Gasteiger partial charge is 0.308 e. The number of nitrogens with zero attached hydrogens (tertiary/aromatic N) is 4. The molecule has 5 rings (SSSR count). The topological polar surface area (TPSA) is 51.0 Å². The molecule has 202 valence electrons. The van der Waals surface area contributed by atoms with Crippen LogP contribution in [0.15, 0.2) is 122 Å². The van der Waals surface area contributed by atoms with Crippen LogP contribution in [0.1, 0.15) is 30.5 Å². The van der Waals surface area contributed by atoms with E-state index in [-0.39, 0.29) is 17.0 Å². The van der Waals surface area contributed by atoms with Gasteiger partial charge in [0.05, 0.1) is 22.8 Å².